The minimum atomic E-state index is 0.0638. The number of halogens is 1. The average molecular weight is 267 g/mol. The van der Waals surface area contributed by atoms with Crippen molar-refractivity contribution in [3.8, 4) is 0 Å². The summed E-state index contributed by atoms with van der Waals surface area (Å²) in [6.07, 6.45) is 4.05. The summed E-state index contributed by atoms with van der Waals surface area (Å²) < 4.78 is 0. The van der Waals surface area contributed by atoms with Gasteiger partial charge in [0, 0.05) is 16.8 Å². The Hall–Kier alpha value is -0.890. The molecule has 0 aliphatic rings. The third-order valence-electron chi connectivity index (χ3n) is 2.12. The summed E-state index contributed by atoms with van der Waals surface area (Å²) in [4.78, 5) is 11.6. The van der Waals surface area contributed by atoms with Crippen molar-refractivity contribution in [3.05, 3.63) is 41.5 Å². The van der Waals surface area contributed by atoms with Crippen LogP contribution in [0.2, 0.25) is 0 Å². The second-order valence-electron chi connectivity index (χ2n) is 3.70. The summed E-state index contributed by atoms with van der Waals surface area (Å²) >= 11 is 3.32. The van der Waals surface area contributed by atoms with Gasteiger partial charge < -0.3 is 0 Å². The average Bonchev–Trinajstić information content (AvgIpc) is 2.26. The first-order valence-corrected chi connectivity index (χ1v) is 6.14. The largest absolute Gasteiger partial charge is 0.294 e. The Bertz CT molecular complexity index is 349. The van der Waals surface area contributed by atoms with Crippen molar-refractivity contribution >= 4 is 27.8 Å². The van der Waals surface area contributed by atoms with Crippen LogP contribution in [0.15, 0.2) is 30.3 Å². The van der Waals surface area contributed by atoms with Crippen LogP contribution in [0.25, 0.3) is 6.08 Å². The highest BCUT2D eigenvalue weighted by Crippen LogP contribution is 2.11. The lowest BCUT2D eigenvalue weighted by Crippen LogP contribution is -2.06. The molecule has 1 aromatic carbocycles. The molecule has 0 fully saturated rings. The number of allylic oxidation sites excluding steroid dienone is 1. The molecular weight excluding hydrogens is 252 g/mol. The number of carbonyl (C=O) groups excluding carboxylic acids is 1. The van der Waals surface area contributed by atoms with Crippen molar-refractivity contribution in [3.63, 3.8) is 0 Å². The van der Waals surface area contributed by atoms with E-state index in [1.54, 1.807) is 0 Å². The van der Waals surface area contributed by atoms with Crippen molar-refractivity contribution in [2.45, 2.75) is 13.8 Å². The highest BCUT2D eigenvalue weighted by atomic mass is 79.9. The first kappa shape index (κ1) is 12.2. The zero-order valence-corrected chi connectivity index (χ0v) is 10.6. The number of rotatable bonds is 4. The van der Waals surface area contributed by atoms with Gasteiger partial charge in [0.25, 0.3) is 0 Å². The predicted molar refractivity (Wildman–Crippen MR) is 68.4 cm³/mol. The molecule has 0 heterocycles. The van der Waals surface area contributed by atoms with E-state index >= 15 is 0 Å². The smallest absolute Gasteiger partial charge is 0.165 e. The van der Waals surface area contributed by atoms with Crippen LogP contribution in [0.3, 0.4) is 0 Å². The van der Waals surface area contributed by atoms with Crippen LogP contribution in [0.4, 0.5) is 0 Å². The van der Waals surface area contributed by atoms with Crippen LogP contribution < -0.4 is 0 Å². The van der Waals surface area contributed by atoms with Gasteiger partial charge >= 0.3 is 0 Å². The zero-order valence-electron chi connectivity index (χ0n) is 9.03. The molecule has 2 heteroatoms. The number of ketones is 1. The van der Waals surface area contributed by atoms with E-state index in [0.717, 1.165) is 16.5 Å². The lowest BCUT2D eigenvalue weighted by Gasteiger charge is -2.03. The quantitative estimate of drug-likeness (QED) is 0.596. The number of hydrogen-bond acceptors (Lipinski definition) is 1. The molecule has 80 valence electrons. The third-order valence-corrected chi connectivity index (χ3v) is 2.49. The monoisotopic (exact) mass is 266 g/mol. The Labute approximate surface area is 99.3 Å². The highest BCUT2D eigenvalue weighted by Gasteiger charge is 2.08. The predicted octanol–water partition coefficient (Wildman–Crippen LogP) is 3.93. The molecule has 0 atom stereocenters. The molecule has 0 aliphatic heterocycles. The molecule has 0 spiro atoms. The van der Waals surface area contributed by atoms with Crippen molar-refractivity contribution in [1.29, 1.82) is 0 Å². The molecule has 15 heavy (non-hydrogen) atoms. The molecular formula is C13H15BrO. The SMILES string of the molecule is CC(C)C(=O)c1ccc(C=CCBr)cc1. The van der Waals surface area contributed by atoms with E-state index < -0.39 is 0 Å². The maximum absolute atomic E-state index is 11.6. The Morgan fingerprint density at radius 2 is 1.93 bits per heavy atom. The van der Waals surface area contributed by atoms with Gasteiger partial charge in [-0.05, 0) is 5.56 Å². The Kier molecular flexibility index (Phi) is 4.76. The van der Waals surface area contributed by atoms with Crippen molar-refractivity contribution in [2.24, 2.45) is 5.92 Å². The summed E-state index contributed by atoms with van der Waals surface area (Å²) in [5.41, 5.74) is 1.91. The molecule has 0 saturated carbocycles. The summed E-state index contributed by atoms with van der Waals surface area (Å²) in [5, 5.41) is 0.847. The van der Waals surface area contributed by atoms with E-state index in [-0.39, 0.29) is 11.7 Å². The molecule has 1 rings (SSSR count). The minimum Gasteiger partial charge on any atom is -0.294 e. The summed E-state index contributed by atoms with van der Waals surface area (Å²) in [5.74, 6) is 0.264. The van der Waals surface area contributed by atoms with Gasteiger partial charge in [0.05, 0.1) is 0 Å². The number of alkyl halides is 1. The molecule has 0 unspecified atom stereocenters. The summed E-state index contributed by atoms with van der Waals surface area (Å²) in [7, 11) is 0. The van der Waals surface area contributed by atoms with Gasteiger partial charge in [-0.2, -0.15) is 0 Å². The van der Waals surface area contributed by atoms with Crippen LogP contribution in [0.1, 0.15) is 29.8 Å². The van der Waals surface area contributed by atoms with E-state index in [0.29, 0.717) is 0 Å². The molecule has 0 amide bonds. The fraction of sp³-hybridized carbons (Fsp3) is 0.308. The Balaban J connectivity index is 2.81. The van der Waals surface area contributed by atoms with Crippen LogP contribution in [-0.4, -0.2) is 11.1 Å². The maximum atomic E-state index is 11.6. The Morgan fingerprint density at radius 1 is 1.33 bits per heavy atom. The fourth-order valence-corrected chi connectivity index (χ4v) is 1.46. The molecule has 0 N–H and O–H groups in total. The molecule has 1 aromatic rings. The number of benzene rings is 1. The first-order valence-electron chi connectivity index (χ1n) is 5.02. The van der Waals surface area contributed by atoms with E-state index in [4.69, 9.17) is 0 Å². The Morgan fingerprint density at radius 3 is 2.40 bits per heavy atom. The molecule has 0 aromatic heterocycles. The third kappa shape index (κ3) is 3.63. The van der Waals surface area contributed by atoms with Gasteiger partial charge in [0.1, 0.15) is 0 Å². The molecule has 0 aliphatic carbocycles. The fourth-order valence-electron chi connectivity index (χ4n) is 1.27. The topological polar surface area (TPSA) is 17.1 Å². The van der Waals surface area contributed by atoms with Crippen LogP contribution in [0.5, 0.6) is 0 Å². The second-order valence-corrected chi connectivity index (χ2v) is 4.35. The van der Waals surface area contributed by atoms with E-state index in [1.807, 2.05) is 50.3 Å². The van der Waals surface area contributed by atoms with Gasteiger partial charge in [0.15, 0.2) is 5.78 Å². The number of Topliss-reactive ketones (excluding diaryl/α,β-unsaturated/α-hetero) is 1. The molecule has 0 saturated heterocycles. The second kappa shape index (κ2) is 5.86. The highest BCUT2D eigenvalue weighted by molar-refractivity contribution is 9.09. The van der Waals surface area contributed by atoms with Crippen LogP contribution in [0, 0.1) is 5.92 Å². The van der Waals surface area contributed by atoms with E-state index in [2.05, 4.69) is 15.9 Å². The van der Waals surface area contributed by atoms with Crippen molar-refractivity contribution in [1.82, 2.24) is 0 Å². The van der Waals surface area contributed by atoms with Gasteiger partial charge in [-0.15, -0.1) is 0 Å². The van der Waals surface area contributed by atoms with Crippen LogP contribution in [-0.2, 0) is 0 Å². The molecule has 0 radical (unpaired) electrons. The summed E-state index contributed by atoms with van der Waals surface area (Å²) in [6.45, 7) is 3.84. The van der Waals surface area contributed by atoms with E-state index in [9.17, 15) is 4.79 Å². The van der Waals surface area contributed by atoms with E-state index in [1.165, 1.54) is 0 Å². The lowest BCUT2D eigenvalue weighted by atomic mass is 10.00. The first-order chi connectivity index (χ1) is 7.15. The lowest BCUT2D eigenvalue weighted by molar-refractivity contribution is 0.0939. The van der Waals surface area contributed by atoms with Gasteiger partial charge in [0.2, 0.25) is 0 Å². The van der Waals surface area contributed by atoms with Gasteiger partial charge in [-0.1, -0.05) is 66.2 Å². The molecule has 0 bridgehead atoms. The number of hydrogen-bond donors (Lipinski definition) is 0. The number of carbonyl (C=O) groups is 1. The van der Waals surface area contributed by atoms with Crippen molar-refractivity contribution < 1.29 is 4.79 Å². The minimum absolute atomic E-state index is 0.0638. The zero-order chi connectivity index (χ0) is 11.3. The summed E-state index contributed by atoms with van der Waals surface area (Å²) in [6, 6.07) is 7.70. The van der Waals surface area contributed by atoms with Gasteiger partial charge in [-0.25, -0.2) is 0 Å². The van der Waals surface area contributed by atoms with Gasteiger partial charge in [-0.3, -0.25) is 4.79 Å². The van der Waals surface area contributed by atoms with Crippen molar-refractivity contribution in [2.75, 3.05) is 5.33 Å². The standard InChI is InChI=1S/C13H15BrO/c1-10(2)13(15)12-7-5-11(6-8-12)4-3-9-14/h3-8,10H,9H2,1-2H3. The maximum Gasteiger partial charge on any atom is 0.165 e. The van der Waals surface area contributed by atoms with Crippen LogP contribution >= 0.6 is 15.9 Å². The normalized spacial score (nSPS) is 11.2. The molecule has 1 nitrogen and oxygen atoms in total.